The molecule has 4 nitrogen and oxygen atoms in total. The molecule has 1 aliphatic carbocycles. The van der Waals surface area contributed by atoms with Crippen molar-refractivity contribution in [3.8, 4) is 0 Å². The molecule has 2 aromatic rings. The highest BCUT2D eigenvalue weighted by Gasteiger charge is 2.53. The number of carboxylic acids is 1. The second-order valence-electron chi connectivity index (χ2n) is 8.35. The number of hydrogen-bond acceptors (Lipinski definition) is 2. The molecule has 0 atom stereocenters. The lowest BCUT2D eigenvalue weighted by atomic mass is 9.87. The van der Waals surface area contributed by atoms with Crippen molar-refractivity contribution in [1.29, 1.82) is 0 Å². The van der Waals surface area contributed by atoms with Crippen LogP contribution in [0.25, 0.3) is 0 Å². The number of aryl methyl sites for hydroxylation is 1. The minimum atomic E-state index is -0.864. The van der Waals surface area contributed by atoms with Gasteiger partial charge in [-0.05, 0) is 62.1 Å². The number of rotatable bonds is 5. The molecule has 1 saturated heterocycles. The fourth-order valence-corrected chi connectivity index (χ4v) is 4.55. The van der Waals surface area contributed by atoms with Gasteiger partial charge in [0, 0.05) is 13.1 Å². The lowest BCUT2D eigenvalue weighted by molar-refractivity contribution is -0.135. The van der Waals surface area contributed by atoms with Gasteiger partial charge in [-0.3, -0.25) is 4.79 Å². The van der Waals surface area contributed by atoms with Crippen LogP contribution in [0.15, 0.2) is 48.5 Å². The average molecular weight is 377 g/mol. The molecule has 0 radical (unpaired) electrons. The summed E-state index contributed by atoms with van der Waals surface area (Å²) in [7, 11) is 0. The predicted molar refractivity (Wildman–Crippen MR) is 109 cm³/mol. The van der Waals surface area contributed by atoms with Crippen LogP contribution < -0.4 is 0 Å². The van der Waals surface area contributed by atoms with Gasteiger partial charge < -0.3 is 10.0 Å². The van der Waals surface area contributed by atoms with E-state index in [1.54, 1.807) is 12.1 Å². The molecule has 1 aliphatic heterocycles. The Morgan fingerprint density at radius 3 is 2.43 bits per heavy atom. The third-order valence-corrected chi connectivity index (χ3v) is 6.39. The summed E-state index contributed by atoms with van der Waals surface area (Å²) in [5.74, 6) is -0.154. The number of carboxylic acid groups (broad SMARTS) is 1. The molecule has 0 unspecified atom stereocenters. The molecule has 4 rings (SSSR count). The van der Waals surface area contributed by atoms with E-state index in [0.717, 1.165) is 56.3 Å². The highest BCUT2D eigenvalue weighted by atomic mass is 16.4. The maximum atomic E-state index is 13.3. The van der Waals surface area contributed by atoms with Crippen molar-refractivity contribution in [2.75, 3.05) is 13.1 Å². The number of benzene rings is 2. The molecular formula is C24H27NO3. The second-order valence-corrected chi connectivity index (χ2v) is 8.35. The molecule has 2 aromatic carbocycles. The first kappa shape index (κ1) is 18.7. The molecule has 146 valence electrons. The van der Waals surface area contributed by atoms with Crippen molar-refractivity contribution in [3.05, 3.63) is 70.8 Å². The Morgan fingerprint density at radius 1 is 1.07 bits per heavy atom. The fourth-order valence-electron chi connectivity index (χ4n) is 4.55. The first-order valence-corrected chi connectivity index (χ1v) is 10.2. The summed E-state index contributed by atoms with van der Waals surface area (Å²) in [6.07, 6.45) is 4.53. The maximum absolute atomic E-state index is 13.3. The number of carbonyl (C=O) groups excluding carboxylic acids is 1. The molecule has 28 heavy (non-hydrogen) atoms. The number of amides is 1. The molecule has 0 spiro atoms. The van der Waals surface area contributed by atoms with Crippen molar-refractivity contribution in [3.63, 3.8) is 0 Å². The smallest absolute Gasteiger partial charge is 0.335 e. The van der Waals surface area contributed by atoms with E-state index in [2.05, 4.69) is 25.1 Å². The van der Waals surface area contributed by atoms with Gasteiger partial charge in [-0.25, -0.2) is 4.79 Å². The van der Waals surface area contributed by atoms with E-state index in [9.17, 15) is 14.7 Å². The SMILES string of the molecule is Cc1cccc(C2(C(=O)N3CCC(Cc4ccccc4C(=O)O)CC3)CC2)c1. The molecule has 0 bridgehead atoms. The Balaban J connectivity index is 1.40. The number of carbonyl (C=O) groups is 2. The molecule has 2 aliphatic rings. The molecular weight excluding hydrogens is 350 g/mol. The number of aromatic carboxylic acids is 1. The van der Waals surface area contributed by atoms with E-state index >= 15 is 0 Å². The number of hydrogen-bond donors (Lipinski definition) is 1. The number of piperidine rings is 1. The summed E-state index contributed by atoms with van der Waals surface area (Å²) < 4.78 is 0. The lowest BCUT2D eigenvalue weighted by Gasteiger charge is -2.35. The molecule has 4 heteroatoms. The fraction of sp³-hybridized carbons (Fsp3) is 0.417. The largest absolute Gasteiger partial charge is 0.478 e. The van der Waals surface area contributed by atoms with Crippen LogP contribution in [0.1, 0.15) is 52.7 Å². The average Bonchev–Trinajstić information content (AvgIpc) is 3.50. The van der Waals surface area contributed by atoms with E-state index in [1.165, 1.54) is 5.56 Å². The molecule has 1 N–H and O–H groups in total. The summed E-state index contributed by atoms with van der Waals surface area (Å²) in [5.41, 5.74) is 3.37. The van der Waals surface area contributed by atoms with Crippen molar-refractivity contribution >= 4 is 11.9 Å². The second kappa shape index (κ2) is 7.42. The van der Waals surface area contributed by atoms with Crippen LogP contribution in [0.5, 0.6) is 0 Å². The van der Waals surface area contributed by atoms with Gasteiger partial charge in [0.15, 0.2) is 0 Å². The predicted octanol–water partition coefficient (Wildman–Crippen LogP) is 4.21. The summed E-state index contributed by atoms with van der Waals surface area (Å²) in [6.45, 7) is 3.61. The zero-order valence-corrected chi connectivity index (χ0v) is 16.4. The van der Waals surface area contributed by atoms with Gasteiger partial charge in [-0.15, -0.1) is 0 Å². The summed E-state index contributed by atoms with van der Waals surface area (Å²) in [6, 6.07) is 15.6. The van der Waals surface area contributed by atoms with Crippen LogP contribution in [0.2, 0.25) is 0 Å². The number of nitrogens with zero attached hydrogens (tertiary/aromatic N) is 1. The monoisotopic (exact) mass is 377 g/mol. The van der Waals surface area contributed by atoms with Crippen molar-refractivity contribution < 1.29 is 14.7 Å². The normalized spacial score (nSPS) is 18.7. The Labute approximate surface area is 166 Å². The van der Waals surface area contributed by atoms with Gasteiger partial charge >= 0.3 is 5.97 Å². The molecule has 1 amide bonds. The van der Waals surface area contributed by atoms with Gasteiger partial charge in [0.1, 0.15) is 0 Å². The van der Waals surface area contributed by atoms with Crippen LogP contribution in [0, 0.1) is 12.8 Å². The molecule has 2 fully saturated rings. The minimum Gasteiger partial charge on any atom is -0.478 e. The molecule has 1 heterocycles. The first-order chi connectivity index (χ1) is 13.5. The number of likely N-dealkylation sites (tertiary alicyclic amines) is 1. The molecule has 1 saturated carbocycles. The Morgan fingerprint density at radius 2 is 1.79 bits per heavy atom. The maximum Gasteiger partial charge on any atom is 0.335 e. The van der Waals surface area contributed by atoms with E-state index in [0.29, 0.717) is 11.5 Å². The van der Waals surface area contributed by atoms with Crippen molar-refractivity contribution in [2.45, 2.75) is 44.4 Å². The summed E-state index contributed by atoms with van der Waals surface area (Å²) >= 11 is 0. The lowest BCUT2D eigenvalue weighted by Crippen LogP contribution is -2.44. The summed E-state index contributed by atoms with van der Waals surface area (Å²) in [5, 5.41) is 9.38. The van der Waals surface area contributed by atoms with Gasteiger partial charge in [-0.1, -0.05) is 48.0 Å². The Hall–Kier alpha value is -2.62. The zero-order chi connectivity index (χ0) is 19.7. The third-order valence-electron chi connectivity index (χ3n) is 6.39. The zero-order valence-electron chi connectivity index (χ0n) is 16.4. The van der Waals surface area contributed by atoms with Crippen LogP contribution in [0.4, 0.5) is 0 Å². The van der Waals surface area contributed by atoms with Crippen LogP contribution >= 0.6 is 0 Å². The topological polar surface area (TPSA) is 57.6 Å². The van der Waals surface area contributed by atoms with Crippen LogP contribution in [-0.2, 0) is 16.6 Å². The third kappa shape index (κ3) is 3.56. The van der Waals surface area contributed by atoms with Crippen LogP contribution in [0.3, 0.4) is 0 Å². The highest BCUT2D eigenvalue weighted by Crippen LogP contribution is 2.50. The van der Waals surface area contributed by atoms with E-state index in [-0.39, 0.29) is 11.3 Å². The van der Waals surface area contributed by atoms with Gasteiger partial charge in [-0.2, -0.15) is 0 Å². The summed E-state index contributed by atoms with van der Waals surface area (Å²) in [4.78, 5) is 26.7. The standard InChI is InChI=1S/C24H27NO3/c1-17-5-4-7-20(15-17)24(11-12-24)23(28)25-13-9-18(10-14-25)16-19-6-2-3-8-21(19)22(26)27/h2-8,15,18H,9-14,16H2,1H3,(H,26,27). The molecule has 0 aromatic heterocycles. The van der Waals surface area contributed by atoms with Crippen molar-refractivity contribution in [2.24, 2.45) is 5.92 Å². The van der Waals surface area contributed by atoms with Crippen LogP contribution in [-0.4, -0.2) is 35.0 Å². The Bertz CT molecular complexity index is 892. The van der Waals surface area contributed by atoms with Crippen molar-refractivity contribution in [1.82, 2.24) is 4.90 Å². The van der Waals surface area contributed by atoms with E-state index < -0.39 is 5.97 Å². The Kier molecular flexibility index (Phi) is 4.96. The van der Waals surface area contributed by atoms with E-state index in [1.807, 2.05) is 23.1 Å². The van der Waals surface area contributed by atoms with Gasteiger partial charge in [0.2, 0.25) is 5.91 Å². The minimum absolute atomic E-state index is 0.280. The first-order valence-electron chi connectivity index (χ1n) is 10.2. The van der Waals surface area contributed by atoms with Gasteiger partial charge in [0.05, 0.1) is 11.0 Å². The van der Waals surface area contributed by atoms with E-state index in [4.69, 9.17) is 0 Å². The van der Waals surface area contributed by atoms with Gasteiger partial charge in [0.25, 0.3) is 0 Å². The highest BCUT2D eigenvalue weighted by molar-refractivity contribution is 5.91. The quantitative estimate of drug-likeness (QED) is 0.849.